The molecule has 0 amide bonds. The predicted octanol–water partition coefficient (Wildman–Crippen LogP) is 4.24. The van der Waals surface area contributed by atoms with Crippen molar-refractivity contribution >= 4 is 21.8 Å². The van der Waals surface area contributed by atoms with Gasteiger partial charge in [0.15, 0.2) is 12.4 Å². The molecule has 0 aromatic heterocycles. The number of carbonyl (C=O) groups excluding carboxylic acids is 2. The molecule has 6 nitrogen and oxygen atoms in total. The third-order valence-corrected chi connectivity index (χ3v) is 7.28. The number of rotatable bonds is 8. The number of aryl methyl sites for hydroxylation is 1. The van der Waals surface area contributed by atoms with Crippen molar-refractivity contribution in [3.05, 3.63) is 65.2 Å². The molecule has 0 atom stereocenters. The third kappa shape index (κ3) is 6.64. The Morgan fingerprint density at radius 3 is 2.27 bits per heavy atom. The lowest BCUT2D eigenvalue weighted by Gasteiger charge is -2.25. The van der Waals surface area contributed by atoms with Gasteiger partial charge in [-0.15, -0.1) is 0 Å². The van der Waals surface area contributed by atoms with Crippen molar-refractivity contribution in [3.8, 4) is 0 Å². The first-order valence-corrected chi connectivity index (χ1v) is 12.0. The van der Waals surface area contributed by atoms with Crippen molar-refractivity contribution in [3.63, 3.8) is 0 Å². The Labute approximate surface area is 190 Å². The summed E-state index contributed by atoms with van der Waals surface area (Å²) in [6.07, 6.45) is -1.66. The topological polar surface area (TPSA) is 80.8 Å². The molecule has 0 aliphatic carbocycles. The highest BCUT2D eigenvalue weighted by atomic mass is 32.2. The molecule has 0 bridgehead atoms. The number of nitrogens with zero attached hydrogens (tertiary/aromatic N) is 1. The Hall–Kier alpha value is -2.72. The van der Waals surface area contributed by atoms with Gasteiger partial charge in [0.1, 0.15) is 0 Å². The van der Waals surface area contributed by atoms with Gasteiger partial charge in [0.05, 0.1) is 10.5 Å². The average Bonchev–Trinajstić information content (AvgIpc) is 2.81. The number of Topliss-reactive ketones (excluding diaryl/α,β-unsaturated/α-hetero) is 1. The van der Waals surface area contributed by atoms with Gasteiger partial charge in [-0.1, -0.05) is 30.7 Å². The number of alkyl halides is 3. The Kier molecular flexibility index (Phi) is 7.91. The minimum Gasteiger partial charge on any atom is -0.457 e. The van der Waals surface area contributed by atoms with E-state index >= 15 is 0 Å². The smallest absolute Gasteiger partial charge is 0.416 e. The van der Waals surface area contributed by atoms with Crippen molar-refractivity contribution in [2.45, 2.75) is 43.2 Å². The quantitative estimate of drug-likeness (QED) is 0.415. The maximum atomic E-state index is 12.8. The molecule has 1 saturated heterocycles. The zero-order valence-electron chi connectivity index (χ0n) is 17.8. The van der Waals surface area contributed by atoms with Gasteiger partial charge < -0.3 is 4.74 Å². The summed E-state index contributed by atoms with van der Waals surface area (Å²) in [6.45, 7) is 0.359. The van der Waals surface area contributed by atoms with E-state index < -0.39 is 40.1 Å². The van der Waals surface area contributed by atoms with Crippen LogP contribution in [-0.2, 0) is 32.2 Å². The minimum absolute atomic E-state index is 0.0614. The van der Waals surface area contributed by atoms with Crippen LogP contribution in [0.15, 0.2) is 53.4 Å². The summed E-state index contributed by atoms with van der Waals surface area (Å²) in [7, 11) is -3.53. The summed E-state index contributed by atoms with van der Waals surface area (Å²) in [4.78, 5) is 24.2. The molecule has 1 aliphatic heterocycles. The SMILES string of the molecule is O=C(CCc1ccc(S(=O)(=O)N2CCCCC2)cc1)OCC(=O)c1cccc(C(F)(F)F)c1. The van der Waals surface area contributed by atoms with Crippen LogP contribution in [0.2, 0.25) is 0 Å². The van der Waals surface area contributed by atoms with Gasteiger partial charge in [0.25, 0.3) is 0 Å². The molecule has 0 spiro atoms. The van der Waals surface area contributed by atoms with Crippen LogP contribution in [0.4, 0.5) is 13.2 Å². The largest absolute Gasteiger partial charge is 0.457 e. The third-order valence-electron chi connectivity index (χ3n) is 5.37. The molecule has 1 heterocycles. The molecule has 1 fully saturated rings. The number of ether oxygens (including phenoxy) is 1. The van der Waals surface area contributed by atoms with E-state index in [1.54, 1.807) is 12.1 Å². The molecule has 0 unspecified atom stereocenters. The Balaban J connectivity index is 1.49. The van der Waals surface area contributed by atoms with Crippen LogP contribution in [0.5, 0.6) is 0 Å². The lowest BCUT2D eigenvalue weighted by atomic mass is 10.1. The number of ketones is 1. The van der Waals surface area contributed by atoms with E-state index in [-0.39, 0.29) is 23.3 Å². The number of hydrogen-bond acceptors (Lipinski definition) is 5. The van der Waals surface area contributed by atoms with Crippen molar-refractivity contribution < 1.29 is 35.9 Å². The maximum absolute atomic E-state index is 12.8. The molecule has 1 aliphatic rings. The van der Waals surface area contributed by atoms with Crippen molar-refractivity contribution in [1.82, 2.24) is 4.31 Å². The van der Waals surface area contributed by atoms with Crippen LogP contribution >= 0.6 is 0 Å². The summed E-state index contributed by atoms with van der Waals surface area (Å²) in [5.41, 5.74) is -0.428. The van der Waals surface area contributed by atoms with Gasteiger partial charge in [-0.05, 0) is 49.1 Å². The monoisotopic (exact) mass is 483 g/mol. The number of benzene rings is 2. The second-order valence-electron chi connectivity index (χ2n) is 7.77. The molecule has 0 N–H and O–H groups in total. The highest BCUT2D eigenvalue weighted by molar-refractivity contribution is 7.89. The van der Waals surface area contributed by atoms with Crippen LogP contribution < -0.4 is 0 Å². The molecule has 3 rings (SSSR count). The molecule has 0 saturated carbocycles. The summed E-state index contributed by atoms with van der Waals surface area (Å²) >= 11 is 0. The summed E-state index contributed by atoms with van der Waals surface area (Å²) in [5.74, 6) is -1.41. The Bertz CT molecular complexity index is 1090. The minimum atomic E-state index is -4.57. The van der Waals surface area contributed by atoms with E-state index in [1.807, 2.05) is 0 Å². The number of piperidine rings is 1. The first-order valence-electron chi connectivity index (χ1n) is 10.5. The highest BCUT2D eigenvalue weighted by Gasteiger charge is 2.31. The number of halogens is 3. The summed E-state index contributed by atoms with van der Waals surface area (Å²) < 4.78 is 70.0. The van der Waals surface area contributed by atoms with Crippen LogP contribution in [0, 0.1) is 0 Å². The second-order valence-corrected chi connectivity index (χ2v) is 9.71. The molecular formula is C23H24F3NO5S. The highest BCUT2D eigenvalue weighted by Crippen LogP contribution is 2.29. The molecular weight excluding hydrogens is 459 g/mol. The number of hydrogen-bond donors (Lipinski definition) is 0. The van der Waals surface area contributed by atoms with Crippen molar-refractivity contribution in [2.24, 2.45) is 0 Å². The molecule has 0 radical (unpaired) electrons. The van der Waals surface area contributed by atoms with Crippen molar-refractivity contribution in [2.75, 3.05) is 19.7 Å². The summed E-state index contributed by atoms with van der Waals surface area (Å²) in [6, 6.07) is 10.2. The molecule has 2 aromatic rings. The fraction of sp³-hybridized carbons (Fsp3) is 0.391. The number of esters is 1. The van der Waals surface area contributed by atoms with Gasteiger partial charge in [-0.25, -0.2) is 8.42 Å². The first kappa shape index (κ1) is 24.9. The van der Waals surface area contributed by atoms with E-state index in [1.165, 1.54) is 22.5 Å². The Morgan fingerprint density at radius 2 is 1.64 bits per heavy atom. The zero-order valence-corrected chi connectivity index (χ0v) is 18.6. The van der Waals surface area contributed by atoms with E-state index in [0.29, 0.717) is 18.7 Å². The number of carbonyl (C=O) groups is 2. The molecule has 33 heavy (non-hydrogen) atoms. The van der Waals surface area contributed by atoms with Crippen LogP contribution in [0.1, 0.15) is 47.2 Å². The maximum Gasteiger partial charge on any atom is 0.416 e. The lowest BCUT2D eigenvalue weighted by molar-refractivity contribution is -0.142. The van der Waals surface area contributed by atoms with Crippen LogP contribution in [-0.4, -0.2) is 44.2 Å². The fourth-order valence-corrected chi connectivity index (χ4v) is 5.02. The normalized spacial score (nSPS) is 15.2. The predicted molar refractivity (Wildman–Crippen MR) is 114 cm³/mol. The van der Waals surface area contributed by atoms with Gasteiger partial charge in [-0.2, -0.15) is 17.5 Å². The van der Waals surface area contributed by atoms with Crippen LogP contribution in [0.3, 0.4) is 0 Å². The van der Waals surface area contributed by atoms with Gasteiger partial charge in [0.2, 0.25) is 10.0 Å². The molecule has 2 aromatic carbocycles. The average molecular weight is 484 g/mol. The van der Waals surface area contributed by atoms with Gasteiger partial charge in [0, 0.05) is 25.1 Å². The fourth-order valence-electron chi connectivity index (χ4n) is 3.50. The van der Waals surface area contributed by atoms with Gasteiger partial charge >= 0.3 is 12.1 Å². The van der Waals surface area contributed by atoms with E-state index in [4.69, 9.17) is 4.74 Å². The second kappa shape index (κ2) is 10.5. The first-order chi connectivity index (χ1) is 15.6. The Morgan fingerprint density at radius 1 is 0.970 bits per heavy atom. The van der Waals surface area contributed by atoms with Crippen molar-refractivity contribution in [1.29, 1.82) is 0 Å². The zero-order chi connectivity index (χ0) is 24.1. The molecule has 10 heteroatoms. The standard InChI is InChI=1S/C23H24F3NO5S/c24-23(25,26)19-6-4-5-18(15-19)21(28)16-32-22(29)12-9-17-7-10-20(11-8-17)33(30,31)27-13-2-1-3-14-27/h4-8,10-11,15H,1-3,9,12-14,16H2. The van der Waals surface area contributed by atoms with Gasteiger partial charge in [-0.3, -0.25) is 9.59 Å². The van der Waals surface area contributed by atoms with E-state index in [9.17, 15) is 31.2 Å². The molecule has 178 valence electrons. The summed E-state index contributed by atoms with van der Waals surface area (Å²) in [5, 5.41) is 0. The van der Waals surface area contributed by atoms with Crippen LogP contribution in [0.25, 0.3) is 0 Å². The van der Waals surface area contributed by atoms with E-state index in [0.717, 1.165) is 37.5 Å². The lowest BCUT2D eigenvalue weighted by Crippen LogP contribution is -2.35. The van der Waals surface area contributed by atoms with E-state index in [2.05, 4.69) is 0 Å². The number of sulfonamides is 1.